The number of carbonyl (C=O) groups is 1. The Labute approximate surface area is 166 Å². The van der Waals surface area contributed by atoms with E-state index in [1.807, 2.05) is 29.2 Å². The van der Waals surface area contributed by atoms with Crippen LogP contribution in [-0.4, -0.2) is 35.4 Å². The van der Waals surface area contributed by atoms with Gasteiger partial charge >= 0.3 is 0 Å². The van der Waals surface area contributed by atoms with Crippen molar-refractivity contribution in [1.29, 1.82) is 0 Å². The molecule has 2 aromatic carbocycles. The van der Waals surface area contributed by atoms with Crippen molar-refractivity contribution >= 4 is 23.0 Å². The summed E-state index contributed by atoms with van der Waals surface area (Å²) < 4.78 is 32.6. The number of hydrogen-bond acceptors (Lipinski definition) is 4. The van der Waals surface area contributed by atoms with Crippen LogP contribution in [0, 0.1) is 17.0 Å². The molecule has 150 valence electrons. The van der Waals surface area contributed by atoms with E-state index in [1.165, 1.54) is 12.1 Å². The van der Waals surface area contributed by atoms with Crippen LogP contribution in [0.5, 0.6) is 0 Å². The lowest BCUT2D eigenvalue weighted by Gasteiger charge is -2.39. The van der Waals surface area contributed by atoms with Gasteiger partial charge < -0.3 is 14.2 Å². The quantitative estimate of drug-likeness (QED) is 0.667. The average molecular weight is 397 g/mol. The first-order valence-electron chi connectivity index (χ1n) is 9.88. The lowest BCUT2D eigenvalue weighted by molar-refractivity contribution is -0.145. The molecule has 1 atom stereocenters. The fourth-order valence-electron chi connectivity index (χ4n) is 4.57. The van der Waals surface area contributed by atoms with Crippen molar-refractivity contribution in [2.24, 2.45) is 5.41 Å². The van der Waals surface area contributed by atoms with Crippen LogP contribution in [-0.2, 0) is 11.3 Å². The van der Waals surface area contributed by atoms with Gasteiger partial charge in [-0.3, -0.25) is 4.79 Å². The third-order valence-electron chi connectivity index (χ3n) is 6.09. The molecule has 3 heterocycles. The van der Waals surface area contributed by atoms with E-state index in [1.54, 1.807) is 4.90 Å². The number of benzene rings is 2. The van der Waals surface area contributed by atoms with E-state index in [0.29, 0.717) is 37.8 Å². The molecule has 0 bridgehead atoms. The van der Waals surface area contributed by atoms with E-state index in [9.17, 15) is 13.6 Å². The van der Waals surface area contributed by atoms with Gasteiger partial charge in [0, 0.05) is 26.2 Å². The number of aromatic nitrogens is 1. The third kappa shape index (κ3) is 3.14. The van der Waals surface area contributed by atoms with Gasteiger partial charge in [0.25, 0.3) is 6.01 Å². The first-order chi connectivity index (χ1) is 14.0. The van der Waals surface area contributed by atoms with E-state index >= 15 is 0 Å². The van der Waals surface area contributed by atoms with E-state index in [4.69, 9.17) is 4.42 Å². The Morgan fingerprint density at radius 3 is 2.76 bits per heavy atom. The molecule has 29 heavy (non-hydrogen) atoms. The lowest BCUT2D eigenvalue weighted by Crippen LogP contribution is -2.49. The Morgan fingerprint density at radius 2 is 1.93 bits per heavy atom. The predicted molar refractivity (Wildman–Crippen MR) is 104 cm³/mol. The number of oxazole rings is 1. The van der Waals surface area contributed by atoms with E-state index in [2.05, 4.69) is 4.98 Å². The van der Waals surface area contributed by atoms with Crippen molar-refractivity contribution in [2.75, 3.05) is 24.5 Å². The molecule has 2 aliphatic heterocycles. The first kappa shape index (κ1) is 18.1. The molecule has 5 nitrogen and oxygen atoms in total. The van der Waals surface area contributed by atoms with E-state index in [-0.39, 0.29) is 5.91 Å². The molecule has 2 saturated heterocycles. The molecule has 7 heteroatoms. The van der Waals surface area contributed by atoms with Crippen molar-refractivity contribution in [1.82, 2.24) is 9.88 Å². The average Bonchev–Trinajstić information content (AvgIpc) is 3.33. The number of nitrogens with zero attached hydrogens (tertiary/aromatic N) is 3. The Hall–Kier alpha value is -2.96. The minimum absolute atomic E-state index is 0.0760. The zero-order valence-electron chi connectivity index (χ0n) is 15.9. The maximum absolute atomic E-state index is 13.5. The van der Waals surface area contributed by atoms with Crippen molar-refractivity contribution in [3.05, 3.63) is 59.7 Å². The topological polar surface area (TPSA) is 49.6 Å². The van der Waals surface area contributed by atoms with Gasteiger partial charge in [-0.1, -0.05) is 18.2 Å². The summed E-state index contributed by atoms with van der Waals surface area (Å²) in [6.45, 7) is 2.19. The number of hydrogen-bond donors (Lipinski definition) is 0. The molecule has 0 saturated carbocycles. The van der Waals surface area contributed by atoms with Gasteiger partial charge in [-0.2, -0.15) is 4.98 Å². The molecule has 2 fully saturated rings. The molecule has 2 aliphatic rings. The highest BCUT2D eigenvalue weighted by Crippen LogP contribution is 2.42. The SMILES string of the molecule is O=C1N(Cc2ccc(F)c(F)c2)CCC[C@]12CCN(c1nc3ccccc3o1)C2. The number of halogens is 2. The maximum atomic E-state index is 13.5. The molecule has 0 unspecified atom stereocenters. The van der Waals surface area contributed by atoms with Gasteiger partial charge in [0.1, 0.15) is 5.52 Å². The normalized spacial score (nSPS) is 22.2. The number of fused-ring (bicyclic) bond motifs is 1. The summed E-state index contributed by atoms with van der Waals surface area (Å²) in [5.41, 5.74) is 1.66. The van der Waals surface area contributed by atoms with Gasteiger partial charge in [-0.15, -0.1) is 0 Å². The molecule has 0 N–H and O–H groups in total. The van der Waals surface area contributed by atoms with Crippen LogP contribution in [0.4, 0.5) is 14.8 Å². The molecule has 3 aromatic rings. The minimum atomic E-state index is -0.885. The summed E-state index contributed by atoms with van der Waals surface area (Å²) in [6.07, 6.45) is 2.44. The van der Waals surface area contributed by atoms with Crippen LogP contribution in [0.1, 0.15) is 24.8 Å². The molecule has 0 radical (unpaired) electrons. The number of likely N-dealkylation sites (tertiary alicyclic amines) is 1. The molecule has 0 aliphatic carbocycles. The monoisotopic (exact) mass is 397 g/mol. The summed E-state index contributed by atoms with van der Waals surface area (Å²) in [5, 5.41) is 0. The van der Waals surface area contributed by atoms with Gasteiger partial charge in [0.05, 0.1) is 5.41 Å². The second-order valence-corrected chi connectivity index (χ2v) is 7.99. The lowest BCUT2D eigenvalue weighted by atomic mass is 9.78. The fraction of sp³-hybridized carbons (Fsp3) is 0.364. The van der Waals surface area contributed by atoms with Crippen LogP contribution >= 0.6 is 0 Å². The smallest absolute Gasteiger partial charge is 0.298 e. The number of anilines is 1. The molecular weight excluding hydrogens is 376 g/mol. The zero-order chi connectivity index (χ0) is 20.0. The maximum Gasteiger partial charge on any atom is 0.298 e. The zero-order valence-corrected chi connectivity index (χ0v) is 15.9. The Morgan fingerprint density at radius 1 is 1.07 bits per heavy atom. The molecular formula is C22H21F2N3O2. The molecule has 1 spiro atoms. The summed E-state index contributed by atoms with van der Waals surface area (Å²) in [7, 11) is 0. The van der Waals surface area contributed by atoms with Crippen LogP contribution in [0.15, 0.2) is 46.9 Å². The number of rotatable bonds is 3. The van der Waals surface area contributed by atoms with Crippen molar-refractivity contribution in [3.8, 4) is 0 Å². The minimum Gasteiger partial charge on any atom is -0.423 e. The van der Waals surface area contributed by atoms with Crippen molar-refractivity contribution in [2.45, 2.75) is 25.8 Å². The summed E-state index contributed by atoms with van der Waals surface area (Å²) in [6, 6.07) is 12.0. The summed E-state index contributed by atoms with van der Waals surface area (Å²) in [4.78, 5) is 21.7. The van der Waals surface area contributed by atoms with Crippen LogP contribution < -0.4 is 4.90 Å². The highest BCUT2D eigenvalue weighted by atomic mass is 19.2. The van der Waals surface area contributed by atoms with Crippen LogP contribution in [0.2, 0.25) is 0 Å². The third-order valence-corrected chi connectivity index (χ3v) is 6.09. The standard InChI is InChI=1S/C22H21F2N3O2/c23-16-7-6-15(12-17(16)24)13-26-10-3-8-22(20(26)28)9-11-27(14-22)21-25-18-4-1-2-5-19(18)29-21/h1-2,4-7,12H,3,8-11,13-14H2/t22-/m1/s1. The van der Waals surface area contributed by atoms with Crippen LogP contribution in [0.25, 0.3) is 11.1 Å². The van der Waals surface area contributed by atoms with Crippen molar-refractivity contribution in [3.63, 3.8) is 0 Å². The predicted octanol–water partition coefficient (Wildman–Crippen LogP) is 4.13. The Bertz CT molecular complexity index is 1050. The largest absolute Gasteiger partial charge is 0.423 e. The highest BCUT2D eigenvalue weighted by Gasteiger charge is 2.49. The Balaban J connectivity index is 1.34. The van der Waals surface area contributed by atoms with E-state index < -0.39 is 17.0 Å². The van der Waals surface area contributed by atoms with Gasteiger partial charge in [-0.25, -0.2) is 8.78 Å². The number of carbonyl (C=O) groups excluding carboxylic acids is 1. The second kappa shape index (κ2) is 6.83. The van der Waals surface area contributed by atoms with Gasteiger partial charge in [-0.05, 0) is 49.1 Å². The number of amides is 1. The molecule has 1 aromatic heterocycles. The van der Waals surface area contributed by atoms with Gasteiger partial charge in [0.15, 0.2) is 17.2 Å². The fourth-order valence-corrected chi connectivity index (χ4v) is 4.57. The summed E-state index contributed by atoms with van der Waals surface area (Å²) >= 11 is 0. The molecule has 1 amide bonds. The van der Waals surface area contributed by atoms with E-state index in [0.717, 1.165) is 36.4 Å². The summed E-state index contributed by atoms with van der Waals surface area (Å²) in [5.74, 6) is -1.68. The second-order valence-electron chi connectivity index (χ2n) is 7.99. The Kier molecular flexibility index (Phi) is 4.26. The van der Waals surface area contributed by atoms with Crippen molar-refractivity contribution < 1.29 is 18.0 Å². The number of piperidine rings is 1. The first-order valence-corrected chi connectivity index (χ1v) is 9.88. The highest BCUT2D eigenvalue weighted by molar-refractivity contribution is 5.85. The van der Waals surface area contributed by atoms with Gasteiger partial charge in [0.2, 0.25) is 5.91 Å². The van der Waals surface area contributed by atoms with Crippen LogP contribution in [0.3, 0.4) is 0 Å². The number of para-hydroxylation sites is 2. The molecule has 5 rings (SSSR count).